The molecule has 0 aliphatic carbocycles. The van der Waals surface area contributed by atoms with Gasteiger partial charge in [0, 0.05) is 6.42 Å². The third-order valence-corrected chi connectivity index (χ3v) is 8.23. The quantitative estimate of drug-likeness (QED) is 0.0356. The molecule has 2 atom stereocenters. The molecule has 7 nitrogen and oxygen atoms in total. The maximum atomic E-state index is 12.4. The molecule has 0 rings (SSSR count). The maximum Gasteiger partial charge on any atom is 0.469 e. The minimum atomic E-state index is -4.70. The first kappa shape index (κ1) is 40.3. The maximum absolute atomic E-state index is 12.4. The van der Waals surface area contributed by atoms with Crippen molar-refractivity contribution in [1.29, 1.82) is 0 Å². The summed E-state index contributed by atoms with van der Waals surface area (Å²) in [5, 5.41) is 13.3. The largest absolute Gasteiger partial charge is 0.469 e. The second-order valence-electron chi connectivity index (χ2n) is 11.8. The molecular weight excluding hydrogens is 537 g/mol. The van der Waals surface area contributed by atoms with Crippen molar-refractivity contribution in [2.75, 3.05) is 6.61 Å². The minimum Gasteiger partial charge on any atom is -0.387 e. The molecule has 0 aromatic rings. The first-order valence-electron chi connectivity index (χ1n) is 17.1. The molecule has 0 heterocycles. The Morgan fingerprint density at radius 2 is 1.07 bits per heavy atom. The molecule has 244 valence electrons. The zero-order valence-electron chi connectivity index (χ0n) is 26.7. The Bertz CT molecular complexity index is 654. The topological polar surface area (TPSA) is 116 Å². The van der Waals surface area contributed by atoms with Gasteiger partial charge in [-0.1, -0.05) is 161 Å². The molecule has 0 radical (unpaired) electrons. The van der Waals surface area contributed by atoms with Crippen LogP contribution in [0, 0.1) is 0 Å². The number of phosphoric acid groups is 1. The van der Waals surface area contributed by atoms with Crippen molar-refractivity contribution in [2.24, 2.45) is 0 Å². The lowest BCUT2D eigenvalue weighted by atomic mass is 10.0. The fourth-order valence-electron chi connectivity index (χ4n) is 5.10. The van der Waals surface area contributed by atoms with Gasteiger partial charge in [0.05, 0.1) is 18.8 Å². The predicted molar refractivity (Wildman–Crippen MR) is 172 cm³/mol. The van der Waals surface area contributed by atoms with Gasteiger partial charge in [0.25, 0.3) is 0 Å². The first-order valence-corrected chi connectivity index (χ1v) is 18.7. The number of carbonyl (C=O) groups is 1. The van der Waals surface area contributed by atoms with Crippen LogP contribution < -0.4 is 5.32 Å². The Hall–Kier alpha value is -0.720. The van der Waals surface area contributed by atoms with E-state index >= 15 is 0 Å². The van der Waals surface area contributed by atoms with Gasteiger partial charge in [-0.05, 0) is 19.3 Å². The fraction of sp³-hybridized carbons (Fsp3) is 0.909. The average molecular weight is 604 g/mol. The molecule has 0 bridgehead atoms. The van der Waals surface area contributed by atoms with Crippen molar-refractivity contribution in [2.45, 2.75) is 187 Å². The van der Waals surface area contributed by atoms with E-state index in [4.69, 9.17) is 9.79 Å². The summed E-state index contributed by atoms with van der Waals surface area (Å²) in [6.07, 6.45) is 32.3. The highest BCUT2D eigenvalue weighted by atomic mass is 31.2. The standard InChI is InChI=1S/C33H66NO6P/c1-3-5-7-9-11-13-15-16-17-18-19-20-22-24-26-28-32(35)31(30-40-41(37,38)39)34-33(36)29-27-25-23-21-14-12-10-8-6-4-2/h26,28,31-32,35H,3-25,27,29-30H2,1-2H3,(H,34,36)(H2,37,38,39)/b28-26+/t31-,32+/m0/s1. The molecule has 4 N–H and O–H groups in total. The molecular formula is C33H66NO6P. The number of aliphatic hydroxyl groups excluding tert-OH is 1. The van der Waals surface area contributed by atoms with Crippen LogP contribution in [0.25, 0.3) is 0 Å². The summed E-state index contributed by atoms with van der Waals surface area (Å²) in [4.78, 5) is 30.6. The van der Waals surface area contributed by atoms with E-state index in [1.165, 1.54) is 116 Å². The highest BCUT2D eigenvalue weighted by Gasteiger charge is 2.24. The average Bonchev–Trinajstić information content (AvgIpc) is 2.93. The van der Waals surface area contributed by atoms with Crippen LogP contribution in [0.2, 0.25) is 0 Å². The summed E-state index contributed by atoms with van der Waals surface area (Å²) in [5.41, 5.74) is 0. The molecule has 0 aromatic heterocycles. The molecule has 8 heteroatoms. The molecule has 0 saturated heterocycles. The number of unbranched alkanes of at least 4 members (excludes halogenated alkanes) is 22. The zero-order valence-corrected chi connectivity index (χ0v) is 27.6. The Morgan fingerprint density at radius 1 is 0.683 bits per heavy atom. The second kappa shape index (κ2) is 29.4. The van der Waals surface area contributed by atoms with E-state index < -0.39 is 26.6 Å². The normalized spacial score (nSPS) is 13.6. The molecule has 0 spiro atoms. The summed E-state index contributed by atoms with van der Waals surface area (Å²) < 4.78 is 15.8. The lowest BCUT2D eigenvalue weighted by Gasteiger charge is -2.22. The van der Waals surface area contributed by atoms with E-state index in [1.54, 1.807) is 6.08 Å². The van der Waals surface area contributed by atoms with Gasteiger partial charge >= 0.3 is 7.82 Å². The van der Waals surface area contributed by atoms with Crippen molar-refractivity contribution in [3.63, 3.8) is 0 Å². The van der Waals surface area contributed by atoms with Crippen LogP contribution in [-0.2, 0) is 13.9 Å². The molecule has 0 fully saturated rings. The second-order valence-corrected chi connectivity index (χ2v) is 13.1. The number of amides is 1. The number of rotatable bonds is 31. The van der Waals surface area contributed by atoms with E-state index in [0.717, 1.165) is 38.5 Å². The zero-order chi connectivity index (χ0) is 30.4. The van der Waals surface area contributed by atoms with Crippen LogP contribution in [-0.4, -0.2) is 39.6 Å². The van der Waals surface area contributed by atoms with Crippen molar-refractivity contribution < 1.29 is 28.8 Å². The highest BCUT2D eigenvalue weighted by molar-refractivity contribution is 7.46. The molecule has 0 aliphatic rings. The van der Waals surface area contributed by atoms with Crippen LogP contribution in [0.15, 0.2) is 12.2 Å². The molecule has 1 amide bonds. The van der Waals surface area contributed by atoms with Crippen LogP contribution in [0.4, 0.5) is 0 Å². The van der Waals surface area contributed by atoms with Gasteiger partial charge in [-0.15, -0.1) is 0 Å². The third kappa shape index (κ3) is 30.5. The number of allylic oxidation sites excluding steroid dienone is 1. The van der Waals surface area contributed by atoms with Crippen molar-refractivity contribution in [3.05, 3.63) is 12.2 Å². The lowest BCUT2D eigenvalue weighted by molar-refractivity contribution is -0.123. The van der Waals surface area contributed by atoms with E-state index in [9.17, 15) is 14.5 Å². The summed E-state index contributed by atoms with van der Waals surface area (Å²) in [6, 6.07) is -0.902. The molecule has 41 heavy (non-hydrogen) atoms. The number of nitrogens with one attached hydrogen (secondary N) is 1. The Balaban J connectivity index is 4.08. The van der Waals surface area contributed by atoms with E-state index in [0.29, 0.717) is 6.42 Å². The van der Waals surface area contributed by atoms with Crippen molar-refractivity contribution >= 4 is 13.7 Å². The van der Waals surface area contributed by atoms with Gasteiger partial charge in [-0.3, -0.25) is 9.32 Å². The third-order valence-electron chi connectivity index (χ3n) is 7.75. The minimum absolute atomic E-state index is 0.229. The lowest BCUT2D eigenvalue weighted by Crippen LogP contribution is -2.45. The van der Waals surface area contributed by atoms with Crippen LogP contribution in [0.1, 0.15) is 174 Å². The van der Waals surface area contributed by atoms with E-state index in [2.05, 4.69) is 23.7 Å². The van der Waals surface area contributed by atoms with E-state index in [-0.39, 0.29) is 5.91 Å². The highest BCUT2D eigenvalue weighted by Crippen LogP contribution is 2.35. The number of hydrogen-bond acceptors (Lipinski definition) is 4. The number of hydrogen-bond donors (Lipinski definition) is 4. The van der Waals surface area contributed by atoms with E-state index in [1.807, 2.05) is 6.08 Å². The van der Waals surface area contributed by atoms with Gasteiger partial charge in [0.2, 0.25) is 5.91 Å². The Kier molecular flexibility index (Phi) is 28.8. The summed E-state index contributed by atoms with van der Waals surface area (Å²) in [6.45, 7) is 4.03. The van der Waals surface area contributed by atoms with Gasteiger partial charge in [0.15, 0.2) is 0 Å². The molecule has 0 saturated carbocycles. The smallest absolute Gasteiger partial charge is 0.387 e. The monoisotopic (exact) mass is 603 g/mol. The van der Waals surface area contributed by atoms with Crippen molar-refractivity contribution in [3.8, 4) is 0 Å². The van der Waals surface area contributed by atoms with Crippen LogP contribution in [0.3, 0.4) is 0 Å². The van der Waals surface area contributed by atoms with Crippen molar-refractivity contribution in [1.82, 2.24) is 5.32 Å². The molecule has 0 aromatic carbocycles. The summed E-state index contributed by atoms with van der Waals surface area (Å²) >= 11 is 0. The van der Waals surface area contributed by atoms with Gasteiger partial charge < -0.3 is 20.2 Å². The Morgan fingerprint density at radius 3 is 1.49 bits per heavy atom. The predicted octanol–water partition coefficient (Wildman–Crippen LogP) is 9.29. The van der Waals surface area contributed by atoms with Gasteiger partial charge in [-0.25, -0.2) is 4.57 Å². The first-order chi connectivity index (χ1) is 19.8. The van der Waals surface area contributed by atoms with Gasteiger partial charge in [0.1, 0.15) is 0 Å². The Labute approximate surface area is 252 Å². The molecule has 0 aliphatic heterocycles. The number of carbonyl (C=O) groups excluding carboxylic acids is 1. The van der Waals surface area contributed by atoms with Crippen LogP contribution >= 0.6 is 7.82 Å². The van der Waals surface area contributed by atoms with Crippen LogP contribution in [0.5, 0.6) is 0 Å². The number of phosphoric ester groups is 1. The molecule has 0 unspecified atom stereocenters. The SMILES string of the molecule is CCCCCCCCCCCCCCC/C=C/[C@@H](O)[C@H](COP(=O)(O)O)NC(=O)CCCCCCCCCCCC. The summed E-state index contributed by atoms with van der Waals surface area (Å²) in [5.74, 6) is -0.229. The van der Waals surface area contributed by atoms with Gasteiger partial charge in [-0.2, -0.15) is 0 Å². The fourth-order valence-corrected chi connectivity index (χ4v) is 5.46. The number of aliphatic hydroxyl groups is 1. The summed E-state index contributed by atoms with van der Waals surface area (Å²) in [7, 11) is -4.70.